The fourth-order valence-corrected chi connectivity index (χ4v) is 7.35. The van der Waals surface area contributed by atoms with Gasteiger partial charge in [0.05, 0.1) is 12.0 Å². The van der Waals surface area contributed by atoms with E-state index in [0.717, 1.165) is 16.0 Å². The van der Waals surface area contributed by atoms with Crippen LogP contribution >= 0.6 is 28.0 Å². The Morgan fingerprint density at radius 1 is 0.625 bits per heavy atom. The lowest BCUT2D eigenvalue weighted by Gasteiger charge is -2.33. The lowest BCUT2D eigenvalue weighted by Crippen LogP contribution is -2.25. The van der Waals surface area contributed by atoms with Crippen LogP contribution in [0.25, 0.3) is 22.3 Å². The minimum atomic E-state index is 0.103. The lowest BCUT2D eigenvalue weighted by molar-refractivity contribution is 0.398. The van der Waals surface area contributed by atoms with Gasteiger partial charge >= 0.3 is 0 Å². The van der Waals surface area contributed by atoms with Crippen LogP contribution in [0.2, 0.25) is 0 Å². The van der Waals surface area contributed by atoms with E-state index in [4.69, 9.17) is 4.18 Å². The Kier molecular flexibility index (Phi) is 12.5. The standard InChI is InChI=1S/C37H49BrOS/c1-4-7-9-11-13-17-25-37(26-18-14-12-10-8-5-2)34-20-16-15-19-32(34)33-23-21-29(27-35(33)37)31-24-22-30(38)28-36(31)39-40-6-3/h15-16,19-24,27-28H,4-14,17-18,25-26H2,1-3H3. The SMILES string of the molecule is CCCCCCCCC1(CCCCCCCC)c2ccccc2-c2ccc(-c3ccc(Br)cc3OSCC)cc21. The van der Waals surface area contributed by atoms with Crippen molar-refractivity contribution in [2.75, 3.05) is 5.75 Å². The first-order valence-electron chi connectivity index (χ1n) is 16.0. The Hall–Kier alpha value is -1.71. The molecule has 1 nitrogen and oxygen atoms in total. The third-order valence-corrected chi connectivity index (χ3v) is 9.73. The second-order valence-electron chi connectivity index (χ2n) is 11.6. The van der Waals surface area contributed by atoms with Gasteiger partial charge in [0.15, 0.2) is 0 Å². The molecule has 0 aliphatic heterocycles. The number of fused-ring (bicyclic) bond motifs is 3. The number of unbranched alkanes of at least 4 members (excludes halogenated alkanes) is 10. The third kappa shape index (κ3) is 7.57. The fraction of sp³-hybridized carbons (Fsp3) is 0.514. The minimum Gasteiger partial charge on any atom is -0.425 e. The van der Waals surface area contributed by atoms with E-state index in [9.17, 15) is 0 Å². The number of rotatable bonds is 18. The minimum absolute atomic E-state index is 0.103. The van der Waals surface area contributed by atoms with Crippen molar-refractivity contribution in [2.24, 2.45) is 0 Å². The molecule has 0 bridgehead atoms. The highest BCUT2D eigenvalue weighted by atomic mass is 79.9. The number of benzene rings is 3. The summed E-state index contributed by atoms with van der Waals surface area (Å²) < 4.78 is 7.22. The maximum Gasteiger partial charge on any atom is 0.146 e. The van der Waals surface area contributed by atoms with Crippen LogP contribution < -0.4 is 4.18 Å². The predicted octanol–water partition coefficient (Wildman–Crippen LogP) is 12.9. The van der Waals surface area contributed by atoms with E-state index in [1.165, 1.54) is 124 Å². The molecule has 0 amide bonds. The first-order chi connectivity index (χ1) is 19.6. The number of hydrogen-bond acceptors (Lipinski definition) is 2. The predicted molar refractivity (Wildman–Crippen MR) is 181 cm³/mol. The monoisotopic (exact) mass is 620 g/mol. The van der Waals surface area contributed by atoms with Gasteiger partial charge in [0, 0.05) is 21.2 Å². The molecule has 3 heteroatoms. The van der Waals surface area contributed by atoms with Crippen molar-refractivity contribution in [3.63, 3.8) is 0 Å². The summed E-state index contributed by atoms with van der Waals surface area (Å²) in [7, 11) is 0. The van der Waals surface area contributed by atoms with Gasteiger partial charge in [-0.15, -0.1) is 0 Å². The highest BCUT2D eigenvalue weighted by molar-refractivity contribution is 9.10. The van der Waals surface area contributed by atoms with Crippen LogP contribution in [0.5, 0.6) is 5.75 Å². The van der Waals surface area contributed by atoms with Gasteiger partial charge < -0.3 is 4.18 Å². The van der Waals surface area contributed by atoms with E-state index in [1.807, 2.05) is 0 Å². The maximum absolute atomic E-state index is 6.16. The molecule has 0 fully saturated rings. The lowest BCUT2D eigenvalue weighted by atomic mass is 9.70. The van der Waals surface area contributed by atoms with Crippen LogP contribution in [0.1, 0.15) is 122 Å². The van der Waals surface area contributed by atoms with Crippen LogP contribution in [0.15, 0.2) is 65.1 Å². The van der Waals surface area contributed by atoms with Crippen molar-refractivity contribution in [2.45, 2.75) is 116 Å². The topological polar surface area (TPSA) is 9.23 Å². The molecule has 3 aromatic rings. The van der Waals surface area contributed by atoms with Gasteiger partial charge in [-0.25, -0.2) is 0 Å². The van der Waals surface area contributed by atoms with Gasteiger partial charge in [-0.1, -0.05) is 150 Å². The van der Waals surface area contributed by atoms with E-state index in [0.29, 0.717) is 0 Å². The third-order valence-electron chi connectivity index (χ3n) is 8.70. The van der Waals surface area contributed by atoms with E-state index < -0.39 is 0 Å². The van der Waals surface area contributed by atoms with Gasteiger partial charge in [-0.3, -0.25) is 0 Å². The molecule has 0 unspecified atom stereocenters. The summed E-state index contributed by atoms with van der Waals surface area (Å²) in [5, 5.41) is 0. The summed E-state index contributed by atoms with van der Waals surface area (Å²) in [5.41, 5.74) is 8.56. The quantitative estimate of drug-likeness (QED) is 0.103. The molecule has 3 aromatic carbocycles. The molecular weight excluding hydrogens is 572 g/mol. The Labute approximate surface area is 257 Å². The summed E-state index contributed by atoms with van der Waals surface area (Å²) in [6.07, 6.45) is 18.6. The first-order valence-corrected chi connectivity index (χ1v) is 17.7. The molecule has 4 rings (SSSR count). The highest BCUT2D eigenvalue weighted by Gasteiger charge is 2.42. The van der Waals surface area contributed by atoms with Crippen molar-refractivity contribution in [1.29, 1.82) is 0 Å². The molecule has 0 saturated carbocycles. The van der Waals surface area contributed by atoms with Crippen LogP contribution in [-0.4, -0.2) is 5.75 Å². The van der Waals surface area contributed by atoms with Crippen molar-refractivity contribution < 1.29 is 4.18 Å². The molecule has 0 N–H and O–H groups in total. The second-order valence-corrected chi connectivity index (χ2v) is 13.4. The van der Waals surface area contributed by atoms with Gasteiger partial charge in [0.25, 0.3) is 0 Å². The van der Waals surface area contributed by atoms with Crippen molar-refractivity contribution in [1.82, 2.24) is 0 Å². The first kappa shape index (κ1) is 31.2. The van der Waals surface area contributed by atoms with Crippen LogP contribution in [0.4, 0.5) is 0 Å². The maximum atomic E-state index is 6.16. The van der Waals surface area contributed by atoms with Crippen LogP contribution in [-0.2, 0) is 5.41 Å². The molecule has 0 radical (unpaired) electrons. The summed E-state index contributed by atoms with van der Waals surface area (Å²) in [6.45, 7) is 6.75. The molecule has 0 saturated heterocycles. The summed E-state index contributed by atoms with van der Waals surface area (Å²) in [5.74, 6) is 1.86. The van der Waals surface area contributed by atoms with Crippen molar-refractivity contribution in [3.05, 3.63) is 76.3 Å². The van der Waals surface area contributed by atoms with E-state index >= 15 is 0 Å². The van der Waals surface area contributed by atoms with Crippen LogP contribution in [0.3, 0.4) is 0 Å². The molecule has 1 aliphatic rings. The van der Waals surface area contributed by atoms with Gasteiger partial charge in [-0.05, 0) is 64.9 Å². The van der Waals surface area contributed by atoms with E-state index in [-0.39, 0.29) is 5.41 Å². The molecule has 0 aromatic heterocycles. The smallest absolute Gasteiger partial charge is 0.146 e. The molecule has 0 spiro atoms. The molecule has 40 heavy (non-hydrogen) atoms. The molecule has 0 atom stereocenters. The van der Waals surface area contributed by atoms with Crippen molar-refractivity contribution >= 4 is 28.0 Å². The zero-order valence-electron chi connectivity index (χ0n) is 25.1. The molecular formula is C37H49BrOS. The van der Waals surface area contributed by atoms with Gasteiger partial charge in [-0.2, -0.15) is 0 Å². The fourth-order valence-electron chi connectivity index (χ4n) is 6.63. The van der Waals surface area contributed by atoms with Gasteiger partial charge in [0.2, 0.25) is 0 Å². The number of hydrogen-bond donors (Lipinski definition) is 0. The zero-order chi connectivity index (χ0) is 28.2. The largest absolute Gasteiger partial charge is 0.425 e. The summed E-state index contributed by atoms with van der Waals surface area (Å²) in [6, 6.07) is 23.0. The zero-order valence-corrected chi connectivity index (χ0v) is 27.5. The Balaban J connectivity index is 1.71. The highest BCUT2D eigenvalue weighted by Crippen LogP contribution is 2.55. The van der Waals surface area contributed by atoms with E-state index in [1.54, 1.807) is 11.1 Å². The summed E-state index contributed by atoms with van der Waals surface area (Å²) in [4.78, 5) is 0. The average molecular weight is 622 g/mol. The Morgan fingerprint density at radius 3 is 1.90 bits per heavy atom. The molecule has 216 valence electrons. The average Bonchev–Trinajstić information content (AvgIpc) is 3.25. The Bertz CT molecular complexity index is 1190. The van der Waals surface area contributed by atoms with E-state index in [2.05, 4.69) is 97.4 Å². The summed E-state index contributed by atoms with van der Waals surface area (Å²) >= 11 is 5.17. The Morgan fingerprint density at radius 2 is 1.23 bits per heavy atom. The molecule has 1 aliphatic carbocycles. The van der Waals surface area contributed by atoms with Crippen molar-refractivity contribution in [3.8, 4) is 28.0 Å². The molecule has 0 heterocycles. The van der Waals surface area contributed by atoms with Gasteiger partial charge in [0.1, 0.15) is 5.75 Å². The normalized spacial score (nSPS) is 13.3. The second kappa shape index (κ2) is 16.1. The van der Waals surface area contributed by atoms with Crippen LogP contribution in [0, 0.1) is 0 Å². The number of halogens is 1.